The number of methoxy groups -OCH3 is 1. The first kappa shape index (κ1) is 24.5. The van der Waals surface area contributed by atoms with E-state index in [-0.39, 0.29) is 16.9 Å². The van der Waals surface area contributed by atoms with Gasteiger partial charge >= 0.3 is 6.18 Å². The molecular weight excluding hydrogens is 401 g/mol. The molecule has 0 bridgehead atoms. The Labute approximate surface area is 182 Å². The lowest BCUT2D eigenvalue weighted by Crippen LogP contribution is -2.43. The fourth-order valence-corrected chi connectivity index (χ4v) is 3.55. The Kier molecular flexibility index (Phi) is 7.91. The number of hydrogen-bond acceptors (Lipinski definition) is 2. The Morgan fingerprint density at radius 1 is 1.16 bits per heavy atom. The lowest BCUT2D eigenvalue weighted by Gasteiger charge is -2.33. The summed E-state index contributed by atoms with van der Waals surface area (Å²) in [6.07, 6.45) is 2.74. The fraction of sp³-hybridized carbons (Fsp3) is 0.308. The van der Waals surface area contributed by atoms with Crippen LogP contribution in [0, 0.1) is 6.92 Å². The molecule has 2 rings (SSSR count). The van der Waals surface area contributed by atoms with Gasteiger partial charge < -0.3 is 9.84 Å². The van der Waals surface area contributed by atoms with Crippen molar-refractivity contribution < 1.29 is 23.0 Å². The van der Waals surface area contributed by atoms with Gasteiger partial charge in [0.1, 0.15) is 5.75 Å². The maximum atomic E-state index is 14.1. The highest BCUT2D eigenvalue weighted by atomic mass is 19.4. The fourth-order valence-electron chi connectivity index (χ4n) is 3.55. The molecule has 0 unspecified atom stereocenters. The van der Waals surface area contributed by atoms with Gasteiger partial charge in [0.15, 0.2) is 0 Å². The van der Waals surface area contributed by atoms with Gasteiger partial charge in [-0.05, 0) is 61.1 Å². The summed E-state index contributed by atoms with van der Waals surface area (Å²) in [5, 5.41) is 11.0. The molecule has 1 atom stereocenters. The highest BCUT2D eigenvalue weighted by Gasteiger charge is 2.57. The number of alkyl halides is 3. The molecule has 1 N–H and O–H groups in total. The van der Waals surface area contributed by atoms with E-state index in [0.717, 1.165) is 12.8 Å². The van der Waals surface area contributed by atoms with Gasteiger partial charge in [0.25, 0.3) is 0 Å². The number of hydrogen-bond donors (Lipinski definition) is 1. The molecule has 2 aromatic carbocycles. The van der Waals surface area contributed by atoms with E-state index in [1.54, 1.807) is 13.0 Å². The van der Waals surface area contributed by atoms with E-state index in [1.165, 1.54) is 49.1 Å². The monoisotopic (exact) mass is 430 g/mol. The van der Waals surface area contributed by atoms with Gasteiger partial charge in [-0.1, -0.05) is 67.6 Å². The van der Waals surface area contributed by atoms with Crippen LogP contribution in [0.3, 0.4) is 0 Å². The van der Waals surface area contributed by atoms with Crippen LogP contribution < -0.4 is 4.74 Å². The minimum absolute atomic E-state index is 0.0547. The van der Waals surface area contributed by atoms with Crippen molar-refractivity contribution in [1.29, 1.82) is 0 Å². The second kappa shape index (κ2) is 10.0. The molecular formula is C26H29F3O2. The van der Waals surface area contributed by atoms with Crippen LogP contribution >= 0.6 is 0 Å². The third kappa shape index (κ3) is 5.28. The van der Waals surface area contributed by atoms with Crippen LogP contribution in [0.1, 0.15) is 48.9 Å². The van der Waals surface area contributed by atoms with Crippen molar-refractivity contribution in [2.45, 2.75) is 45.4 Å². The Hall–Kier alpha value is -2.79. The summed E-state index contributed by atoms with van der Waals surface area (Å²) in [6, 6.07) is 9.86. The highest BCUT2D eigenvalue weighted by molar-refractivity contribution is 5.76. The third-order valence-corrected chi connectivity index (χ3v) is 5.20. The van der Waals surface area contributed by atoms with Gasteiger partial charge in [-0.3, -0.25) is 0 Å². The molecule has 0 aliphatic rings. The molecule has 2 aromatic rings. The minimum Gasteiger partial charge on any atom is -0.496 e. The molecule has 0 spiro atoms. The molecule has 5 heteroatoms. The van der Waals surface area contributed by atoms with Gasteiger partial charge in [-0.2, -0.15) is 13.2 Å². The maximum Gasteiger partial charge on any atom is 0.425 e. The maximum absolute atomic E-state index is 14.1. The van der Waals surface area contributed by atoms with Crippen LogP contribution in [0.5, 0.6) is 5.75 Å². The number of rotatable bonds is 8. The van der Waals surface area contributed by atoms with E-state index in [0.29, 0.717) is 16.7 Å². The normalized spacial score (nSPS) is 14.5. The van der Waals surface area contributed by atoms with Crippen LogP contribution in [-0.4, -0.2) is 18.4 Å². The summed E-state index contributed by atoms with van der Waals surface area (Å²) < 4.78 is 47.7. The molecule has 0 amide bonds. The number of ether oxygens (including phenoxy) is 1. The number of aliphatic hydroxyl groups is 1. The Morgan fingerprint density at radius 2 is 1.81 bits per heavy atom. The molecule has 0 saturated heterocycles. The SMILES string of the molecule is C=C(/C=C/C/C(C)=C/CC)c1cc(OC)c([C@@](O)(c2ccccc2)C(F)(F)F)cc1C. The molecule has 0 radical (unpaired) electrons. The number of halogens is 3. The molecule has 2 nitrogen and oxygen atoms in total. The zero-order chi connectivity index (χ0) is 23.2. The average molecular weight is 431 g/mol. The Bertz CT molecular complexity index is 972. The van der Waals surface area contributed by atoms with Gasteiger partial charge in [-0.25, -0.2) is 0 Å². The van der Waals surface area contributed by atoms with Crippen molar-refractivity contribution in [3.8, 4) is 5.75 Å². The van der Waals surface area contributed by atoms with Crippen molar-refractivity contribution in [2.24, 2.45) is 0 Å². The first-order chi connectivity index (χ1) is 14.6. The standard InChI is InChI=1S/C26H29F3O2/c1-6-11-18(2)12-10-13-19(3)22-17-24(31-5)23(16-20(22)4)25(30,26(27,28)29)21-14-8-7-9-15-21/h7-11,13-17,30H,3,6,12H2,1-2,4-5H3/b13-10+,18-11+/t25-/m0/s1. The predicted octanol–water partition coefficient (Wildman–Crippen LogP) is 7.12. The smallest absolute Gasteiger partial charge is 0.425 e. The Balaban J connectivity index is 2.54. The van der Waals surface area contributed by atoms with Crippen molar-refractivity contribution >= 4 is 5.57 Å². The highest BCUT2D eigenvalue weighted by Crippen LogP contribution is 2.48. The van der Waals surface area contributed by atoms with Crippen LogP contribution in [0.4, 0.5) is 13.2 Å². The summed E-state index contributed by atoms with van der Waals surface area (Å²) in [4.78, 5) is 0. The van der Waals surface area contributed by atoms with E-state index in [9.17, 15) is 18.3 Å². The average Bonchev–Trinajstić information content (AvgIpc) is 2.72. The summed E-state index contributed by atoms with van der Waals surface area (Å²) >= 11 is 0. The number of allylic oxidation sites excluding steroid dienone is 5. The third-order valence-electron chi connectivity index (χ3n) is 5.20. The van der Waals surface area contributed by atoms with Crippen LogP contribution in [-0.2, 0) is 5.60 Å². The van der Waals surface area contributed by atoms with Gasteiger partial charge in [-0.15, -0.1) is 0 Å². The summed E-state index contributed by atoms with van der Waals surface area (Å²) in [6.45, 7) is 9.87. The molecule has 0 aliphatic carbocycles. The van der Waals surface area contributed by atoms with E-state index >= 15 is 0 Å². The van der Waals surface area contributed by atoms with Gasteiger partial charge in [0.2, 0.25) is 5.60 Å². The first-order valence-electron chi connectivity index (χ1n) is 10.1. The van der Waals surface area contributed by atoms with Crippen LogP contribution in [0.15, 0.2) is 72.8 Å². The zero-order valence-electron chi connectivity index (χ0n) is 18.4. The zero-order valence-corrected chi connectivity index (χ0v) is 18.4. The molecule has 31 heavy (non-hydrogen) atoms. The molecule has 0 fully saturated rings. The second-order valence-electron chi connectivity index (χ2n) is 7.53. The van der Waals surface area contributed by atoms with Crippen LogP contribution in [0.25, 0.3) is 5.57 Å². The van der Waals surface area contributed by atoms with Crippen molar-refractivity contribution in [3.63, 3.8) is 0 Å². The van der Waals surface area contributed by atoms with E-state index in [4.69, 9.17) is 4.74 Å². The lowest BCUT2D eigenvalue weighted by molar-refractivity contribution is -0.248. The topological polar surface area (TPSA) is 29.5 Å². The van der Waals surface area contributed by atoms with E-state index in [2.05, 4.69) is 19.6 Å². The molecule has 0 aliphatic heterocycles. The second-order valence-corrected chi connectivity index (χ2v) is 7.53. The summed E-state index contributed by atoms with van der Waals surface area (Å²) in [7, 11) is 1.29. The van der Waals surface area contributed by atoms with Crippen molar-refractivity contribution in [3.05, 3.63) is 95.1 Å². The van der Waals surface area contributed by atoms with Crippen LogP contribution in [0.2, 0.25) is 0 Å². The predicted molar refractivity (Wildman–Crippen MR) is 120 cm³/mol. The Morgan fingerprint density at radius 3 is 2.35 bits per heavy atom. The number of benzene rings is 2. The largest absolute Gasteiger partial charge is 0.496 e. The quantitative estimate of drug-likeness (QED) is 0.357. The number of aryl methyl sites for hydroxylation is 1. The van der Waals surface area contributed by atoms with Crippen molar-refractivity contribution in [1.82, 2.24) is 0 Å². The molecule has 166 valence electrons. The van der Waals surface area contributed by atoms with Gasteiger partial charge in [0.05, 0.1) is 7.11 Å². The van der Waals surface area contributed by atoms with E-state index in [1.807, 2.05) is 19.1 Å². The lowest BCUT2D eigenvalue weighted by atomic mass is 9.83. The summed E-state index contributed by atoms with van der Waals surface area (Å²) in [5.74, 6) is -0.0547. The molecule has 0 saturated carbocycles. The van der Waals surface area contributed by atoms with Gasteiger partial charge in [0, 0.05) is 5.56 Å². The van der Waals surface area contributed by atoms with E-state index < -0.39 is 11.8 Å². The van der Waals surface area contributed by atoms with Crippen molar-refractivity contribution in [2.75, 3.05) is 7.11 Å². The summed E-state index contributed by atoms with van der Waals surface area (Å²) in [5.41, 5.74) is -0.728. The minimum atomic E-state index is -4.95. The molecule has 0 aromatic heterocycles. The molecule has 0 heterocycles. The first-order valence-corrected chi connectivity index (χ1v) is 10.1.